The van der Waals surface area contributed by atoms with Crippen LogP contribution in [0.2, 0.25) is 0 Å². The second kappa shape index (κ2) is 12.0. The van der Waals surface area contributed by atoms with Crippen molar-refractivity contribution < 1.29 is 14.2 Å². The number of hydrogen-bond donors (Lipinski definition) is 0. The number of nitrogens with zero attached hydrogens (tertiary/aromatic N) is 1. The molecule has 5 heteroatoms. The van der Waals surface area contributed by atoms with Crippen molar-refractivity contribution in [3.8, 4) is 11.5 Å². The third kappa shape index (κ3) is 6.04. The Balaban J connectivity index is 1.99. The highest BCUT2D eigenvalue weighted by Crippen LogP contribution is 2.51. The molecule has 1 heterocycles. The quantitative estimate of drug-likeness (QED) is 0.306. The summed E-state index contributed by atoms with van der Waals surface area (Å²) in [5, 5.41) is 1.47. The molecule has 2 aromatic carbocycles. The predicted octanol–water partition coefficient (Wildman–Crippen LogP) is 5.99. The Labute approximate surface area is 196 Å². The van der Waals surface area contributed by atoms with Gasteiger partial charge in [-0.15, -0.1) is 0 Å². The maximum absolute atomic E-state index is 6.02. The minimum atomic E-state index is -0.0104. The van der Waals surface area contributed by atoms with E-state index in [-0.39, 0.29) is 11.9 Å². The predicted molar refractivity (Wildman–Crippen MR) is 136 cm³/mol. The standard InChI is InChI=1S/C27H40NO3P/c1-6-27(7-2,24-18-23(30-5)12-13-25(24)31-20-29-4)32-26-14-11-21(3)17-22(26)19-28-15-9-8-10-16-28/h11-14,17-18,32H,6-10,15-16,19-20H2,1-5H3. The Morgan fingerprint density at radius 3 is 2.38 bits per heavy atom. The Morgan fingerprint density at radius 1 is 0.969 bits per heavy atom. The number of rotatable bonds is 11. The van der Waals surface area contributed by atoms with Gasteiger partial charge in [-0.2, -0.15) is 0 Å². The first-order valence-corrected chi connectivity index (χ1v) is 13.0. The molecule has 1 aliphatic heterocycles. The summed E-state index contributed by atoms with van der Waals surface area (Å²) in [7, 11) is 4.05. The van der Waals surface area contributed by atoms with E-state index in [9.17, 15) is 0 Å². The van der Waals surface area contributed by atoms with Gasteiger partial charge in [-0.05, 0) is 74.8 Å². The van der Waals surface area contributed by atoms with Crippen molar-refractivity contribution in [1.29, 1.82) is 0 Å². The summed E-state index contributed by atoms with van der Waals surface area (Å²) in [5.41, 5.74) is 4.05. The Bertz CT molecular complexity index is 860. The molecule has 0 aliphatic carbocycles. The number of benzene rings is 2. The van der Waals surface area contributed by atoms with E-state index in [4.69, 9.17) is 14.2 Å². The van der Waals surface area contributed by atoms with Crippen LogP contribution in [0.5, 0.6) is 11.5 Å². The molecule has 176 valence electrons. The Hall–Kier alpha value is -1.61. The van der Waals surface area contributed by atoms with Gasteiger partial charge in [0, 0.05) is 24.4 Å². The molecular weight excluding hydrogens is 417 g/mol. The first-order valence-electron chi connectivity index (χ1n) is 12.0. The molecule has 32 heavy (non-hydrogen) atoms. The lowest BCUT2D eigenvalue weighted by molar-refractivity contribution is 0.0499. The van der Waals surface area contributed by atoms with Gasteiger partial charge in [0.05, 0.1) is 7.11 Å². The minimum Gasteiger partial charge on any atom is -0.497 e. The summed E-state index contributed by atoms with van der Waals surface area (Å²) in [6.45, 7) is 10.5. The van der Waals surface area contributed by atoms with Crippen LogP contribution in [0.3, 0.4) is 0 Å². The zero-order valence-corrected chi connectivity index (χ0v) is 21.5. The van der Waals surface area contributed by atoms with E-state index >= 15 is 0 Å². The van der Waals surface area contributed by atoms with Crippen LogP contribution in [-0.2, 0) is 16.4 Å². The maximum Gasteiger partial charge on any atom is 0.188 e. The van der Waals surface area contributed by atoms with E-state index in [1.807, 2.05) is 12.1 Å². The van der Waals surface area contributed by atoms with Crippen LogP contribution in [0.25, 0.3) is 0 Å². The highest BCUT2D eigenvalue weighted by molar-refractivity contribution is 7.48. The number of likely N-dealkylation sites (tertiary alicyclic amines) is 1. The summed E-state index contributed by atoms with van der Waals surface area (Å²) in [5.74, 6) is 1.77. The van der Waals surface area contributed by atoms with E-state index in [1.54, 1.807) is 14.2 Å². The molecule has 3 rings (SSSR count). The van der Waals surface area contributed by atoms with Crippen LogP contribution in [0.4, 0.5) is 0 Å². The average Bonchev–Trinajstić information content (AvgIpc) is 2.83. The highest BCUT2D eigenvalue weighted by Gasteiger charge is 2.33. The molecule has 1 unspecified atom stereocenters. The van der Waals surface area contributed by atoms with Gasteiger partial charge in [-0.1, -0.05) is 52.6 Å². The van der Waals surface area contributed by atoms with Crippen molar-refractivity contribution in [2.75, 3.05) is 34.1 Å². The van der Waals surface area contributed by atoms with Crippen molar-refractivity contribution in [2.45, 2.75) is 64.6 Å². The fraction of sp³-hybridized carbons (Fsp3) is 0.556. The molecule has 0 radical (unpaired) electrons. The van der Waals surface area contributed by atoms with E-state index in [0.717, 1.165) is 30.9 Å². The molecule has 1 atom stereocenters. The monoisotopic (exact) mass is 457 g/mol. The van der Waals surface area contributed by atoms with Gasteiger partial charge in [-0.3, -0.25) is 4.90 Å². The third-order valence-corrected chi connectivity index (χ3v) is 8.93. The lowest BCUT2D eigenvalue weighted by Gasteiger charge is -2.35. The van der Waals surface area contributed by atoms with E-state index in [0.29, 0.717) is 8.58 Å². The molecular formula is C27H40NO3P. The summed E-state index contributed by atoms with van der Waals surface area (Å²) in [4.78, 5) is 2.63. The van der Waals surface area contributed by atoms with Gasteiger partial charge in [0.2, 0.25) is 0 Å². The first kappa shape index (κ1) is 25.0. The fourth-order valence-corrected chi connectivity index (χ4v) is 6.40. The SMILES string of the molecule is CCC(CC)(Pc1ccc(C)cc1CN1CCCCC1)c1cc(OC)ccc1OCOC. The second-order valence-electron chi connectivity index (χ2n) is 8.82. The lowest BCUT2D eigenvalue weighted by Crippen LogP contribution is -2.31. The van der Waals surface area contributed by atoms with Crippen LogP contribution in [0, 0.1) is 6.92 Å². The molecule has 0 aromatic heterocycles. The normalized spacial score (nSPS) is 15.4. The molecule has 1 aliphatic rings. The summed E-state index contributed by atoms with van der Waals surface area (Å²) < 4.78 is 16.8. The largest absolute Gasteiger partial charge is 0.497 e. The van der Waals surface area contributed by atoms with Gasteiger partial charge in [-0.25, -0.2) is 0 Å². The number of hydrogen-bond acceptors (Lipinski definition) is 4. The number of ether oxygens (including phenoxy) is 3. The minimum absolute atomic E-state index is 0.0104. The van der Waals surface area contributed by atoms with Gasteiger partial charge < -0.3 is 14.2 Å². The van der Waals surface area contributed by atoms with E-state index in [1.165, 1.54) is 54.3 Å². The summed E-state index contributed by atoms with van der Waals surface area (Å²) >= 11 is 0. The average molecular weight is 458 g/mol. The number of piperidine rings is 1. The lowest BCUT2D eigenvalue weighted by atomic mass is 9.91. The van der Waals surface area contributed by atoms with E-state index < -0.39 is 0 Å². The summed E-state index contributed by atoms with van der Waals surface area (Å²) in [6.07, 6.45) is 6.08. The van der Waals surface area contributed by atoms with Gasteiger partial charge >= 0.3 is 0 Å². The van der Waals surface area contributed by atoms with Crippen LogP contribution in [0.15, 0.2) is 36.4 Å². The smallest absolute Gasteiger partial charge is 0.188 e. The zero-order chi connectivity index (χ0) is 23.0. The molecule has 1 fully saturated rings. The zero-order valence-electron chi connectivity index (χ0n) is 20.5. The number of aryl methyl sites for hydroxylation is 1. The van der Waals surface area contributed by atoms with Gasteiger partial charge in [0.1, 0.15) is 11.5 Å². The van der Waals surface area contributed by atoms with Crippen molar-refractivity contribution in [2.24, 2.45) is 0 Å². The van der Waals surface area contributed by atoms with Crippen molar-refractivity contribution in [1.82, 2.24) is 4.90 Å². The van der Waals surface area contributed by atoms with Crippen LogP contribution in [0.1, 0.15) is 62.6 Å². The van der Waals surface area contributed by atoms with Gasteiger partial charge in [0.25, 0.3) is 0 Å². The molecule has 0 spiro atoms. The van der Waals surface area contributed by atoms with Crippen molar-refractivity contribution in [3.05, 3.63) is 53.1 Å². The Kier molecular flexibility index (Phi) is 9.40. The maximum atomic E-state index is 6.02. The van der Waals surface area contributed by atoms with Crippen molar-refractivity contribution >= 4 is 13.9 Å². The first-order chi connectivity index (χ1) is 15.5. The summed E-state index contributed by atoms with van der Waals surface area (Å²) in [6, 6.07) is 13.2. The van der Waals surface area contributed by atoms with Crippen LogP contribution in [-0.4, -0.2) is 39.0 Å². The molecule has 2 aromatic rings. The van der Waals surface area contributed by atoms with Crippen LogP contribution >= 0.6 is 8.58 Å². The topological polar surface area (TPSA) is 30.9 Å². The molecule has 0 bridgehead atoms. The fourth-order valence-electron chi connectivity index (χ4n) is 4.72. The Morgan fingerprint density at radius 2 is 1.72 bits per heavy atom. The number of methoxy groups -OCH3 is 2. The van der Waals surface area contributed by atoms with Crippen molar-refractivity contribution in [3.63, 3.8) is 0 Å². The molecule has 1 saturated heterocycles. The molecule has 0 N–H and O–H groups in total. The second-order valence-corrected chi connectivity index (χ2v) is 10.6. The van der Waals surface area contributed by atoms with Crippen LogP contribution < -0.4 is 14.8 Å². The van der Waals surface area contributed by atoms with E-state index in [2.05, 4.69) is 49.9 Å². The molecule has 0 saturated carbocycles. The molecule has 4 nitrogen and oxygen atoms in total. The highest BCUT2D eigenvalue weighted by atomic mass is 31.1. The molecule has 0 amide bonds. The van der Waals surface area contributed by atoms with Gasteiger partial charge in [0.15, 0.2) is 6.79 Å². The third-order valence-electron chi connectivity index (χ3n) is 6.72.